The van der Waals surface area contributed by atoms with Gasteiger partial charge in [0, 0.05) is 17.0 Å². The standard InChI is InChI=1S/C14H14O5/c1-2-18-14(17)6-4-10-11-7-9(16)3-5-12(11)19-13(10)8-15/h3-7,15-16H,2,8H2,1H3/b6-4+. The van der Waals surface area contributed by atoms with Crippen LogP contribution in [0.2, 0.25) is 0 Å². The molecule has 0 fully saturated rings. The lowest BCUT2D eigenvalue weighted by Gasteiger charge is -1.96. The molecule has 0 aliphatic carbocycles. The molecule has 100 valence electrons. The van der Waals surface area contributed by atoms with Crippen LogP contribution in [0, 0.1) is 0 Å². The highest BCUT2D eigenvalue weighted by atomic mass is 16.5. The third kappa shape index (κ3) is 2.77. The number of ether oxygens (including phenoxy) is 1. The van der Waals surface area contributed by atoms with Crippen molar-refractivity contribution in [3.05, 3.63) is 35.6 Å². The summed E-state index contributed by atoms with van der Waals surface area (Å²) in [4.78, 5) is 11.3. The molecule has 0 amide bonds. The number of carbonyl (C=O) groups excluding carboxylic acids is 1. The van der Waals surface area contributed by atoms with Gasteiger partial charge >= 0.3 is 5.97 Å². The van der Waals surface area contributed by atoms with Crippen molar-refractivity contribution in [2.24, 2.45) is 0 Å². The molecule has 0 unspecified atom stereocenters. The Morgan fingerprint density at radius 3 is 2.95 bits per heavy atom. The minimum Gasteiger partial charge on any atom is -0.508 e. The molecule has 1 heterocycles. The third-order valence-corrected chi connectivity index (χ3v) is 2.60. The number of aliphatic hydroxyl groups is 1. The van der Waals surface area contributed by atoms with E-state index < -0.39 is 5.97 Å². The summed E-state index contributed by atoms with van der Waals surface area (Å²) < 4.78 is 10.2. The lowest BCUT2D eigenvalue weighted by atomic mass is 10.1. The highest BCUT2D eigenvalue weighted by Gasteiger charge is 2.12. The molecule has 1 aromatic carbocycles. The van der Waals surface area contributed by atoms with Crippen molar-refractivity contribution in [3.63, 3.8) is 0 Å². The summed E-state index contributed by atoms with van der Waals surface area (Å²) in [6.45, 7) is 1.72. The first-order valence-corrected chi connectivity index (χ1v) is 5.85. The van der Waals surface area contributed by atoms with Crippen LogP contribution in [0.15, 0.2) is 28.7 Å². The first-order valence-electron chi connectivity index (χ1n) is 5.85. The normalized spacial score (nSPS) is 11.3. The van der Waals surface area contributed by atoms with Gasteiger partial charge in [-0.05, 0) is 31.2 Å². The van der Waals surface area contributed by atoms with E-state index in [1.807, 2.05) is 0 Å². The fourth-order valence-corrected chi connectivity index (χ4v) is 1.80. The molecule has 0 spiro atoms. The average Bonchev–Trinajstić information content (AvgIpc) is 2.74. The van der Waals surface area contributed by atoms with Crippen molar-refractivity contribution in [1.82, 2.24) is 0 Å². The number of esters is 1. The van der Waals surface area contributed by atoms with Crippen LogP contribution in [0.4, 0.5) is 0 Å². The molecular formula is C14H14O5. The maximum absolute atomic E-state index is 11.3. The largest absolute Gasteiger partial charge is 0.508 e. The van der Waals surface area contributed by atoms with Crippen molar-refractivity contribution in [2.75, 3.05) is 6.61 Å². The maximum Gasteiger partial charge on any atom is 0.330 e. The highest BCUT2D eigenvalue weighted by Crippen LogP contribution is 2.30. The fourth-order valence-electron chi connectivity index (χ4n) is 1.80. The third-order valence-electron chi connectivity index (χ3n) is 2.60. The van der Waals surface area contributed by atoms with Crippen molar-refractivity contribution >= 4 is 23.0 Å². The topological polar surface area (TPSA) is 79.9 Å². The molecule has 19 heavy (non-hydrogen) atoms. The van der Waals surface area contributed by atoms with Gasteiger partial charge in [0.25, 0.3) is 0 Å². The molecular weight excluding hydrogens is 248 g/mol. The van der Waals surface area contributed by atoms with Gasteiger partial charge < -0.3 is 19.4 Å². The van der Waals surface area contributed by atoms with Gasteiger partial charge in [0.05, 0.1) is 6.61 Å². The molecule has 2 aromatic rings. The number of hydrogen-bond donors (Lipinski definition) is 2. The maximum atomic E-state index is 11.3. The zero-order valence-electron chi connectivity index (χ0n) is 10.4. The second-order valence-corrected chi connectivity index (χ2v) is 3.86. The Morgan fingerprint density at radius 2 is 2.26 bits per heavy atom. The number of benzene rings is 1. The minimum atomic E-state index is -0.471. The van der Waals surface area contributed by atoms with E-state index in [2.05, 4.69) is 0 Å². The number of rotatable bonds is 4. The predicted molar refractivity (Wildman–Crippen MR) is 69.5 cm³/mol. The van der Waals surface area contributed by atoms with Gasteiger partial charge in [0.1, 0.15) is 23.7 Å². The van der Waals surface area contributed by atoms with Crippen LogP contribution < -0.4 is 0 Å². The van der Waals surface area contributed by atoms with E-state index in [1.54, 1.807) is 13.0 Å². The number of carbonyl (C=O) groups is 1. The quantitative estimate of drug-likeness (QED) is 0.652. The number of phenolic OH excluding ortho intramolecular Hbond substituents is 1. The molecule has 0 aliphatic rings. The van der Waals surface area contributed by atoms with Crippen LogP contribution in [-0.2, 0) is 16.1 Å². The van der Waals surface area contributed by atoms with E-state index in [0.29, 0.717) is 28.9 Å². The second kappa shape index (κ2) is 5.58. The summed E-state index contributed by atoms with van der Waals surface area (Å²) in [6, 6.07) is 4.61. The number of aromatic hydroxyl groups is 1. The first-order chi connectivity index (χ1) is 9.15. The Morgan fingerprint density at radius 1 is 1.47 bits per heavy atom. The number of hydrogen-bond acceptors (Lipinski definition) is 5. The molecule has 2 rings (SSSR count). The van der Waals surface area contributed by atoms with Crippen LogP contribution in [0.25, 0.3) is 17.0 Å². The number of aliphatic hydroxyl groups excluding tert-OH is 1. The summed E-state index contributed by atoms with van der Waals surface area (Å²) >= 11 is 0. The smallest absolute Gasteiger partial charge is 0.330 e. The Bertz CT molecular complexity index is 624. The molecule has 5 heteroatoms. The van der Waals surface area contributed by atoms with Gasteiger partial charge in [0.2, 0.25) is 0 Å². The zero-order chi connectivity index (χ0) is 13.8. The summed E-state index contributed by atoms with van der Waals surface area (Å²) in [5.41, 5.74) is 1.09. The Hall–Kier alpha value is -2.27. The molecule has 0 atom stereocenters. The van der Waals surface area contributed by atoms with Gasteiger partial charge in [0.15, 0.2) is 0 Å². The lowest BCUT2D eigenvalue weighted by Crippen LogP contribution is -1.98. The summed E-state index contributed by atoms with van der Waals surface area (Å²) in [5.74, 6) is -0.0504. The van der Waals surface area contributed by atoms with Crippen molar-refractivity contribution in [1.29, 1.82) is 0 Å². The molecule has 0 saturated carbocycles. The molecule has 0 bridgehead atoms. The molecule has 5 nitrogen and oxygen atoms in total. The van der Waals surface area contributed by atoms with E-state index in [-0.39, 0.29) is 12.4 Å². The van der Waals surface area contributed by atoms with Crippen molar-refractivity contribution < 1.29 is 24.2 Å². The first kappa shape index (κ1) is 13.2. The summed E-state index contributed by atoms with van der Waals surface area (Å²) in [7, 11) is 0. The van der Waals surface area contributed by atoms with Crippen LogP contribution in [0.1, 0.15) is 18.2 Å². The fraction of sp³-hybridized carbons (Fsp3) is 0.214. The molecule has 0 radical (unpaired) electrons. The molecule has 0 saturated heterocycles. The van der Waals surface area contributed by atoms with Gasteiger partial charge in [-0.3, -0.25) is 0 Å². The van der Waals surface area contributed by atoms with Crippen LogP contribution in [0.3, 0.4) is 0 Å². The van der Waals surface area contributed by atoms with Gasteiger partial charge in [-0.2, -0.15) is 0 Å². The number of phenols is 1. The highest BCUT2D eigenvalue weighted by molar-refractivity contribution is 5.94. The van der Waals surface area contributed by atoms with Crippen molar-refractivity contribution in [2.45, 2.75) is 13.5 Å². The van der Waals surface area contributed by atoms with E-state index >= 15 is 0 Å². The molecule has 1 aromatic heterocycles. The van der Waals surface area contributed by atoms with Crippen molar-refractivity contribution in [3.8, 4) is 5.75 Å². The van der Waals surface area contributed by atoms with Gasteiger partial charge in [-0.15, -0.1) is 0 Å². The zero-order valence-corrected chi connectivity index (χ0v) is 10.4. The Labute approximate surface area is 109 Å². The van der Waals surface area contributed by atoms with Gasteiger partial charge in [-0.25, -0.2) is 4.79 Å². The van der Waals surface area contributed by atoms with Crippen LogP contribution in [0.5, 0.6) is 5.75 Å². The summed E-state index contributed by atoms with van der Waals surface area (Å²) in [6.07, 6.45) is 2.77. The lowest BCUT2D eigenvalue weighted by molar-refractivity contribution is -0.137. The number of fused-ring (bicyclic) bond motifs is 1. The molecule has 0 aliphatic heterocycles. The number of furan rings is 1. The van der Waals surface area contributed by atoms with E-state index in [4.69, 9.17) is 9.15 Å². The van der Waals surface area contributed by atoms with E-state index in [0.717, 1.165) is 0 Å². The second-order valence-electron chi connectivity index (χ2n) is 3.86. The SMILES string of the molecule is CCOC(=O)/C=C/c1c(CO)oc2ccc(O)cc12. The Balaban J connectivity index is 2.45. The minimum absolute atomic E-state index is 0.0866. The summed E-state index contributed by atoms with van der Waals surface area (Å²) in [5, 5.41) is 19.4. The predicted octanol–water partition coefficient (Wildman–Crippen LogP) is 2.21. The van der Waals surface area contributed by atoms with E-state index in [9.17, 15) is 15.0 Å². The van der Waals surface area contributed by atoms with E-state index in [1.165, 1.54) is 24.3 Å². The van der Waals surface area contributed by atoms with Crippen LogP contribution in [-0.4, -0.2) is 22.8 Å². The molecule has 2 N–H and O–H groups in total. The van der Waals surface area contributed by atoms with Crippen LogP contribution >= 0.6 is 0 Å². The Kier molecular flexibility index (Phi) is 3.87. The monoisotopic (exact) mass is 262 g/mol. The average molecular weight is 262 g/mol. The van der Waals surface area contributed by atoms with Gasteiger partial charge in [-0.1, -0.05) is 0 Å².